The smallest absolute Gasteiger partial charge is 0.408 e. The van der Waals surface area contributed by atoms with Gasteiger partial charge in [0, 0.05) is 25.9 Å². The highest BCUT2D eigenvalue weighted by Gasteiger charge is 2.67. The van der Waals surface area contributed by atoms with E-state index in [2.05, 4.69) is 62.8 Å². The third-order valence-corrected chi connectivity index (χ3v) is 24.8. The summed E-state index contributed by atoms with van der Waals surface area (Å²) in [4.78, 5) is 65.4. The van der Waals surface area contributed by atoms with E-state index in [1.165, 1.54) is 0 Å². The molecule has 17 nitrogen and oxygen atoms in total. The first-order valence-corrected chi connectivity index (χ1v) is 32.7. The lowest BCUT2D eigenvalue weighted by atomic mass is 9.43. The molecule has 0 bridgehead atoms. The fourth-order valence-electron chi connectivity index (χ4n) is 20.2. The second-order valence-corrected chi connectivity index (χ2v) is 30.4. The summed E-state index contributed by atoms with van der Waals surface area (Å²) in [5.74, 6) is 0.353. The van der Waals surface area contributed by atoms with E-state index in [4.69, 9.17) is 4.74 Å². The van der Waals surface area contributed by atoms with Gasteiger partial charge in [0.15, 0.2) is 0 Å². The third kappa shape index (κ3) is 13.4. The molecule has 8 rings (SSSR count). The van der Waals surface area contributed by atoms with Crippen LogP contribution in [0.25, 0.3) is 0 Å². The second-order valence-electron chi connectivity index (χ2n) is 30.4. The fraction of sp³-hybridized carbons (Fsp3) is 0.923. The number of amides is 4. The van der Waals surface area contributed by atoms with Crippen molar-refractivity contribution in [2.24, 2.45) is 92.7 Å². The fourth-order valence-corrected chi connectivity index (χ4v) is 20.2. The molecule has 0 spiro atoms. The maximum absolute atomic E-state index is 13.9. The molecule has 82 heavy (non-hydrogen) atoms. The number of hydrogen-bond donors (Lipinski definition) is 11. The standard InChI is InChI=1S/C65H110N4O13/c1-36(42-18-20-44-56-46(34-52(74)64(42,44)8)62(6)26-24-40(70)30-38(62)32-50(56)72)16-22-54(76)66-28-12-10-14-48(58(78)67-29-13-11-15-49(59(79)80)69-60(81)82-61(3,4)5)68-55(77)23-17-37(2)43-19-21-45-57-47(35-53(75)65(43,45)9)63(7)27-25-41(71)31-39(63)33-51(57)73/h36-53,56-57,70-75H,10-35H2,1-9H3,(H,66,76)(H,67,78)(H,68,77)(H,69,81)(H,79,80)/t36?,37?,38-,39-,40+,41+,42?,43?,44+,45+,46?,47?,48?,49?,50?,51?,52?,53?,56?,57?,62?,63?,64?,65?/m1/s1. The molecule has 17 heteroatoms. The number of carbonyl (C=O) groups excluding carboxylic acids is 4. The predicted octanol–water partition coefficient (Wildman–Crippen LogP) is 7.78. The average molecular weight is 1160 g/mol. The van der Waals surface area contributed by atoms with Crippen molar-refractivity contribution >= 4 is 29.8 Å². The summed E-state index contributed by atoms with van der Waals surface area (Å²) in [6, 6.07) is -2.01. The Morgan fingerprint density at radius 2 is 0.988 bits per heavy atom. The van der Waals surface area contributed by atoms with Crippen molar-refractivity contribution in [3.63, 3.8) is 0 Å². The van der Waals surface area contributed by atoms with Gasteiger partial charge in [-0.25, -0.2) is 9.59 Å². The van der Waals surface area contributed by atoms with Crippen LogP contribution in [0.4, 0.5) is 4.79 Å². The summed E-state index contributed by atoms with van der Waals surface area (Å²) in [5.41, 5.74) is -1.56. The van der Waals surface area contributed by atoms with Crippen molar-refractivity contribution in [1.29, 1.82) is 0 Å². The van der Waals surface area contributed by atoms with Crippen molar-refractivity contribution in [2.45, 2.75) is 271 Å². The molecule has 8 saturated carbocycles. The van der Waals surface area contributed by atoms with Gasteiger partial charge in [0.05, 0.1) is 36.6 Å². The minimum Gasteiger partial charge on any atom is -0.480 e. The number of carboxylic acid groups (broad SMARTS) is 1. The van der Waals surface area contributed by atoms with Crippen LogP contribution < -0.4 is 21.3 Å². The maximum atomic E-state index is 13.9. The van der Waals surface area contributed by atoms with Crippen molar-refractivity contribution < 1.29 is 64.5 Å². The third-order valence-electron chi connectivity index (χ3n) is 24.8. The number of aliphatic hydroxyl groups excluding tert-OH is 6. The largest absolute Gasteiger partial charge is 0.480 e. The molecular weight excluding hydrogens is 1040 g/mol. The van der Waals surface area contributed by atoms with E-state index in [0.29, 0.717) is 90.0 Å². The molecule has 0 heterocycles. The lowest BCUT2D eigenvalue weighted by molar-refractivity contribution is -0.207. The zero-order valence-electron chi connectivity index (χ0n) is 51.5. The number of ether oxygens (including phenoxy) is 1. The Balaban J connectivity index is 0.818. The van der Waals surface area contributed by atoms with Crippen LogP contribution >= 0.6 is 0 Å². The first-order chi connectivity index (χ1) is 38.5. The Morgan fingerprint density at radius 1 is 0.537 bits per heavy atom. The van der Waals surface area contributed by atoms with Crippen LogP contribution in [0.3, 0.4) is 0 Å². The predicted molar refractivity (Wildman–Crippen MR) is 311 cm³/mol. The van der Waals surface area contributed by atoms with Crippen molar-refractivity contribution in [3.05, 3.63) is 0 Å². The quantitative estimate of drug-likeness (QED) is 0.0463. The molecule has 24 atom stereocenters. The number of aliphatic hydroxyl groups is 6. The summed E-state index contributed by atoms with van der Waals surface area (Å²) in [6.07, 6.45) is 12.1. The summed E-state index contributed by atoms with van der Waals surface area (Å²) in [7, 11) is 0. The molecule has 0 radical (unpaired) electrons. The van der Waals surface area contributed by atoms with E-state index < -0.39 is 59.6 Å². The Hall–Kier alpha value is -3.09. The minimum absolute atomic E-state index is 0.00849. The monoisotopic (exact) mass is 1150 g/mol. The molecule has 0 aromatic heterocycles. The topological polar surface area (TPSA) is 284 Å². The molecule has 8 fully saturated rings. The van der Waals surface area contributed by atoms with Gasteiger partial charge in [0.2, 0.25) is 17.7 Å². The van der Waals surface area contributed by atoms with Crippen LogP contribution in [0.15, 0.2) is 0 Å². The molecule has 8 aliphatic carbocycles. The molecule has 0 aliphatic heterocycles. The van der Waals surface area contributed by atoms with E-state index in [-0.39, 0.29) is 137 Å². The SMILES string of the molecule is CC(CCC(=O)NCCCCC(NC(=O)CCC(C)C1CC[C@H]2C3C(O)C[C@H]4C[C@@H](O)CCC4(C)C3CC(O)C12C)C(=O)NCCCCC(NC(=O)OC(C)(C)C)C(=O)O)C1CC[C@H]2C3C(O)C[C@H]4C[C@@H](O)CCC4(C)C3CC(O)C12C. The van der Waals surface area contributed by atoms with Crippen LogP contribution in [0.5, 0.6) is 0 Å². The van der Waals surface area contributed by atoms with Crippen LogP contribution in [0.2, 0.25) is 0 Å². The molecular formula is C65H110N4O13. The molecule has 8 aliphatic rings. The zero-order chi connectivity index (χ0) is 59.9. The van der Waals surface area contributed by atoms with Crippen molar-refractivity contribution in [3.8, 4) is 0 Å². The zero-order valence-corrected chi connectivity index (χ0v) is 51.5. The van der Waals surface area contributed by atoms with Crippen LogP contribution in [0.1, 0.15) is 216 Å². The molecule has 0 saturated heterocycles. The number of rotatable bonds is 22. The molecule has 0 aromatic carbocycles. The maximum Gasteiger partial charge on any atom is 0.408 e. The Morgan fingerprint density at radius 3 is 1.45 bits per heavy atom. The van der Waals surface area contributed by atoms with Gasteiger partial charge in [-0.1, -0.05) is 41.5 Å². The summed E-state index contributed by atoms with van der Waals surface area (Å²) < 4.78 is 5.24. The van der Waals surface area contributed by atoms with E-state index in [0.717, 1.165) is 57.8 Å². The summed E-state index contributed by atoms with van der Waals surface area (Å²) >= 11 is 0. The van der Waals surface area contributed by atoms with E-state index in [1.807, 2.05) is 0 Å². The Bertz CT molecular complexity index is 2230. The number of alkyl carbamates (subject to hydrolysis) is 1. The van der Waals surface area contributed by atoms with Gasteiger partial charge in [0.1, 0.15) is 17.7 Å². The molecule has 11 N–H and O–H groups in total. The number of fused-ring (bicyclic) bond motifs is 10. The van der Waals surface area contributed by atoms with Crippen LogP contribution in [-0.2, 0) is 23.9 Å². The van der Waals surface area contributed by atoms with Crippen molar-refractivity contribution in [2.75, 3.05) is 13.1 Å². The molecule has 4 amide bonds. The van der Waals surface area contributed by atoms with Gasteiger partial charge in [-0.2, -0.15) is 0 Å². The number of unbranched alkanes of at least 4 members (excludes halogenated alkanes) is 2. The van der Waals surface area contributed by atoms with E-state index >= 15 is 0 Å². The normalized spacial score (nSPS) is 41.8. The lowest BCUT2D eigenvalue weighted by Gasteiger charge is -2.63. The van der Waals surface area contributed by atoms with Gasteiger partial charge in [0.25, 0.3) is 0 Å². The first kappa shape index (κ1) is 64.9. The first-order valence-electron chi connectivity index (χ1n) is 32.7. The van der Waals surface area contributed by atoms with Gasteiger partial charge in [-0.15, -0.1) is 0 Å². The van der Waals surface area contributed by atoms with Gasteiger partial charge >= 0.3 is 12.1 Å². The molecule has 0 aromatic rings. The number of aliphatic carboxylic acids is 1. The lowest BCUT2D eigenvalue weighted by Crippen LogP contribution is -2.62. The highest BCUT2D eigenvalue weighted by molar-refractivity contribution is 5.87. The minimum atomic E-state index is -1.19. The van der Waals surface area contributed by atoms with Crippen LogP contribution in [0, 0.1) is 92.7 Å². The number of nitrogens with one attached hydrogen (secondary N) is 4. The van der Waals surface area contributed by atoms with Crippen LogP contribution in [-0.4, -0.2) is 133 Å². The molecule has 468 valence electrons. The van der Waals surface area contributed by atoms with E-state index in [9.17, 15) is 59.7 Å². The van der Waals surface area contributed by atoms with Gasteiger partial charge in [-0.3, -0.25) is 14.4 Å². The number of hydrogen-bond acceptors (Lipinski definition) is 12. The highest BCUT2D eigenvalue weighted by Crippen LogP contribution is 2.70. The van der Waals surface area contributed by atoms with Crippen molar-refractivity contribution in [1.82, 2.24) is 21.3 Å². The van der Waals surface area contributed by atoms with Gasteiger partial charge < -0.3 is 61.7 Å². The summed E-state index contributed by atoms with van der Waals surface area (Å²) in [6.45, 7) is 19.2. The summed E-state index contributed by atoms with van der Waals surface area (Å²) in [5, 5.41) is 90.0. The van der Waals surface area contributed by atoms with E-state index in [1.54, 1.807) is 20.8 Å². The Labute approximate surface area is 490 Å². The Kier molecular flexibility index (Phi) is 20.6. The average Bonchev–Trinajstić information content (AvgIpc) is 1.57. The molecule has 18 unspecified atom stereocenters. The second kappa shape index (κ2) is 26.1. The van der Waals surface area contributed by atoms with Gasteiger partial charge in [-0.05, 0) is 255 Å². The number of carbonyl (C=O) groups is 5. The number of carboxylic acids is 1. The highest BCUT2D eigenvalue weighted by atomic mass is 16.6.